The lowest BCUT2D eigenvalue weighted by molar-refractivity contribution is -0.694. The smallest absolute Gasteiger partial charge is 0.336 e. The van der Waals surface area contributed by atoms with E-state index in [0.717, 1.165) is 23.7 Å². The average molecular weight is 533 g/mol. The quantitative estimate of drug-likeness (QED) is 0.187. The number of aromatic nitrogens is 2. The van der Waals surface area contributed by atoms with E-state index in [9.17, 15) is 4.79 Å². The molecule has 9 heteroatoms. The Morgan fingerprint density at radius 2 is 1.95 bits per heavy atom. The topological polar surface area (TPSA) is 80.3 Å². The number of anilines is 1. The molecule has 0 saturated heterocycles. The van der Waals surface area contributed by atoms with E-state index in [1.807, 2.05) is 49.6 Å². The number of pyridine rings is 1. The molecule has 198 valence electrons. The molecule has 1 aromatic carbocycles. The lowest BCUT2D eigenvalue weighted by Crippen LogP contribution is -2.43. The maximum Gasteiger partial charge on any atom is 0.336 e. The van der Waals surface area contributed by atoms with E-state index in [1.165, 1.54) is 16.9 Å². The highest BCUT2D eigenvalue weighted by molar-refractivity contribution is 7.13. The monoisotopic (exact) mass is 532 g/mol. The highest BCUT2D eigenvalue weighted by Gasteiger charge is 2.42. The fourth-order valence-electron chi connectivity index (χ4n) is 4.27. The summed E-state index contributed by atoms with van der Waals surface area (Å²) in [5, 5.41) is 11.4. The largest absolute Gasteiger partial charge is 0.497 e. The number of hydrogen-bond donors (Lipinski definition) is 0. The first-order valence-corrected chi connectivity index (χ1v) is 13.5. The standard InChI is InChI=1S/C29H34N5O3S/c1-6-37-27(35)26-20-24(19-22(3)29(26,4)32-31-28-30-13-18-38-28)34(23-7-9-25(36-5)10-8-23)17-16-33-14-11-21(2)12-15-33/h7-15,18-20,22H,6,16-17H2,1-5H3/q+1. The van der Waals surface area contributed by atoms with Crippen molar-refractivity contribution in [2.45, 2.75) is 39.8 Å². The predicted molar refractivity (Wildman–Crippen MR) is 149 cm³/mol. The molecule has 2 unspecified atom stereocenters. The maximum atomic E-state index is 13.2. The summed E-state index contributed by atoms with van der Waals surface area (Å²) in [5.74, 6) is 0.247. The summed E-state index contributed by atoms with van der Waals surface area (Å²) < 4.78 is 13.0. The van der Waals surface area contributed by atoms with Gasteiger partial charge in [0, 0.05) is 41.0 Å². The van der Waals surface area contributed by atoms with Gasteiger partial charge in [0.05, 0.1) is 25.8 Å². The van der Waals surface area contributed by atoms with Crippen LogP contribution in [-0.2, 0) is 16.1 Å². The van der Waals surface area contributed by atoms with Crippen LogP contribution < -0.4 is 14.2 Å². The summed E-state index contributed by atoms with van der Waals surface area (Å²) in [7, 11) is 1.65. The molecule has 0 N–H and O–H groups in total. The molecule has 2 aromatic heterocycles. The molecule has 4 rings (SSSR count). The van der Waals surface area contributed by atoms with Gasteiger partial charge in [-0.15, -0.1) is 16.5 Å². The highest BCUT2D eigenvalue weighted by atomic mass is 32.1. The van der Waals surface area contributed by atoms with Crippen molar-refractivity contribution >= 4 is 28.1 Å². The van der Waals surface area contributed by atoms with Crippen LogP contribution in [0, 0.1) is 12.8 Å². The van der Waals surface area contributed by atoms with Gasteiger partial charge in [-0.2, -0.15) is 5.11 Å². The molecule has 2 atom stereocenters. The lowest BCUT2D eigenvalue weighted by Gasteiger charge is -2.37. The molecule has 0 saturated carbocycles. The second kappa shape index (κ2) is 12.1. The van der Waals surface area contributed by atoms with Gasteiger partial charge >= 0.3 is 5.97 Å². The molecule has 0 spiro atoms. The summed E-state index contributed by atoms with van der Waals surface area (Å²) in [5.41, 5.74) is 2.67. The first kappa shape index (κ1) is 27.2. The Labute approximate surface area is 228 Å². The molecule has 0 aliphatic heterocycles. The molecular weight excluding hydrogens is 498 g/mol. The Hall–Kier alpha value is -3.85. The minimum Gasteiger partial charge on any atom is -0.497 e. The fraction of sp³-hybridized carbons (Fsp3) is 0.345. The first-order chi connectivity index (χ1) is 18.3. The van der Waals surface area contributed by atoms with Gasteiger partial charge in [-0.05, 0) is 56.7 Å². The Kier molecular flexibility index (Phi) is 8.68. The number of allylic oxidation sites excluding steroid dienone is 1. The van der Waals surface area contributed by atoms with Crippen molar-refractivity contribution in [3.05, 3.63) is 89.4 Å². The Morgan fingerprint density at radius 3 is 2.58 bits per heavy atom. The zero-order valence-corrected chi connectivity index (χ0v) is 23.3. The van der Waals surface area contributed by atoms with Crippen molar-refractivity contribution in [2.75, 3.05) is 25.2 Å². The van der Waals surface area contributed by atoms with Crippen molar-refractivity contribution in [1.29, 1.82) is 0 Å². The van der Waals surface area contributed by atoms with E-state index in [4.69, 9.17) is 9.47 Å². The SMILES string of the molecule is CCOC(=O)C1=CC(N(CC[n+]2ccc(C)cc2)c2ccc(OC)cc2)=CC(C)C1(C)N=Nc1nccs1. The number of carbonyl (C=O) groups is 1. The van der Waals surface area contributed by atoms with E-state index in [2.05, 4.69) is 62.2 Å². The van der Waals surface area contributed by atoms with Crippen LogP contribution in [0.5, 0.6) is 5.75 Å². The molecule has 3 aromatic rings. The number of rotatable bonds is 10. The molecule has 0 amide bonds. The number of azo groups is 1. The van der Waals surface area contributed by atoms with Crippen LogP contribution >= 0.6 is 11.3 Å². The van der Waals surface area contributed by atoms with Gasteiger partial charge in [-0.25, -0.2) is 14.3 Å². The van der Waals surface area contributed by atoms with Gasteiger partial charge in [0.2, 0.25) is 5.13 Å². The van der Waals surface area contributed by atoms with E-state index in [1.54, 1.807) is 20.2 Å². The third-order valence-electron chi connectivity index (χ3n) is 6.74. The third-order valence-corrected chi connectivity index (χ3v) is 7.39. The van der Waals surface area contributed by atoms with Crippen LogP contribution in [0.4, 0.5) is 10.8 Å². The lowest BCUT2D eigenvalue weighted by atomic mass is 9.76. The molecule has 0 fully saturated rings. The van der Waals surface area contributed by atoms with Crippen molar-refractivity contribution in [1.82, 2.24) is 4.98 Å². The van der Waals surface area contributed by atoms with Gasteiger partial charge in [-0.3, -0.25) is 0 Å². The van der Waals surface area contributed by atoms with Crippen LogP contribution in [0.1, 0.15) is 26.3 Å². The van der Waals surface area contributed by atoms with E-state index >= 15 is 0 Å². The summed E-state index contributed by atoms with van der Waals surface area (Å²) in [6, 6.07) is 12.1. The van der Waals surface area contributed by atoms with E-state index < -0.39 is 11.5 Å². The maximum absolute atomic E-state index is 13.2. The molecule has 8 nitrogen and oxygen atoms in total. The summed E-state index contributed by atoms with van der Waals surface area (Å²) in [6.45, 7) is 9.56. The van der Waals surface area contributed by atoms with Gasteiger partial charge in [0.25, 0.3) is 0 Å². The number of ether oxygens (including phenoxy) is 2. The van der Waals surface area contributed by atoms with Crippen LogP contribution in [0.15, 0.2) is 94.0 Å². The van der Waals surface area contributed by atoms with Crippen LogP contribution in [0.2, 0.25) is 0 Å². The number of methoxy groups -OCH3 is 1. The van der Waals surface area contributed by atoms with E-state index in [0.29, 0.717) is 17.2 Å². The number of esters is 1. The second-order valence-electron chi connectivity index (χ2n) is 9.28. The number of aryl methyl sites for hydroxylation is 1. The Balaban J connectivity index is 1.73. The predicted octanol–water partition coefficient (Wildman–Crippen LogP) is 5.82. The van der Waals surface area contributed by atoms with Crippen LogP contribution in [0.3, 0.4) is 0 Å². The van der Waals surface area contributed by atoms with Crippen molar-refractivity contribution < 1.29 is 18.8 Å². The average Bonchev–Trinajstić information content (AvgIpc) is 3.45. The highest BCUT2D eigenvalue weighted by Crippen LogP contribution is 2.40. The molecule has 1 aliphatic rings. The van der Waals surface area contributed by atoms with Gasteiger partial charge in [0.1, 0.15) is 11.3 Å². The molecular formula is C29H34N5O3S+. The van der Waals surface area contributed by atoms with Crippen molar-refractivity contribution in [3.8, 4) is 5.75 Å². The Morgan fingerprint density at radius 1 is 1.21 bits per heavy atom. The van der Waals surface area contributed by atoms with Gasteiger partial charge < -0.3 is 14.4 Å². The second-order valence-corrected chi connectivity index (χ2v) is 10.2. The molecule has 1 aliphatic carbocycles. The normalized spacial score (nSPS) is 19.1. The fourth-order valence-corrected chi connectivity index (χ4v) is 4.72. The minimum atomic E-state index is -0.904. The molecule has 0 bridgehead atoms. The summed E-state index contributed by atoms with van der Waals surface area (Å²) >= 11 is 1.40. The minimum absolute atomic E-state index is 0.140. The molecule has 2 heterocycles. The number of hydrogen-bond acceptors (Lipinski definition) is 8. The van der Waals surface area contributed by atoms with Crippen molar-refractivity contribution in [3.63, 3.8) is 0 Å². The number of thiazole rings is 1. The Bertz CT molecular complexity index is 1320. The number of carbonyl (C=O) groups excluding carboxylic acids is 1. The van der Waals surface area contributed by atoms with E-state index in [-0.39, 0.29) is 12.5 Å². The molecule has 0 radical (unpaired) electrons. The van der Waals surface area contributed by atoms with Crippen molar-refractivity contribution in [2.24, 2.45) is 16.1 Å². The summed E-state index contributed by atoms with van der Waals surface area (Å²) in [4.78, 5) is 19.7. The number of nitrogens with zero attached hydrogens (tertiary/aromatic N) is 5. The third kappa shape index (κ3) is 6.16. The van der Waals surface area contributed by atoms with Crippen LogP contribution in [0.25, 0.3) is 0 Å². The zero-order chi connectivity index (χ0) is 27.1. The van der Waals surface area contributed by atoms with Gasteiger partial charge in [-0.1, -0.05) is 13.0 Å². The zero-order valence-electron chi connectivity index (χ0n) is 22.5. The summed E-state index contributed by atoms with van der Waals surface area (Å²) in [6.07, 6.45) is 9.88. The molecule has 38 heavy (non-hydrogen) atoms. The van der Waals surface area contributed by atoms with Crippen LogP contribution in [-0.4, -0.2) is 36.8 Å². The van der Waals surface area contributed by atoms with Gasteiger partial charge in [0.15, 0.2) is 18.9 Å². The number of benzene rings is 1. The first-order valence-electron chi connectivity index (χ1n) is 12.6.